The van der Waals surface area contributed by atoms with Gasteiger partial charge in [-0.05, 0) is 58.6 Å². The molecule has 2 rings (SSSR count). The Morgan fingerprint density at radius 2 is 2.06 bits per heavy atom. The first-order valence-corrected chi connectivity index (χ1v) is 7.35. The van der Waals surface area contributed by atoms with E-state index in [1.54, 1.807) is 23.9 Å². The fraction of sp³-hybridized carbons (Fsp3) is 0.0714. The number of nitrogens with one attached hydrogen (secondary N) is 1. The van der Waals surface area contributed by atoms with Crippen LogP contribution in [0, 0.1) is 11.3 Å². The van der Waals surface area contributed by atoms with Crippen LogP contribution in [0.1, 0.15) is 5.56 Å². The summed E-state index contributed by atoms with van der Waals surface area (Å²) in [6.07, 6.45) is 2.05. The van der Waals surface area contributed by atoms with Crippen molar-refractivity contribution in [3.8, 4) is 6.07 Å². The Hall–Kier alpha value is -1.44. The molecule has 0 spiro atoms. The van der Waals surface area contributed by atoms with Gasteiger partial charge in [-0.15, -0.1) is 11.8 Å². The van der Waals surface area contributed by atoms with Gasteiger partial charge in [-0.25, -0.2) is 0 Å². The van der Waals surface area contributed by atoms with Gasteiger partial charge in [0.15, 0.2) is 0 Å². The van der Waals surface area contributed by atoms with E-state index in [0.717, 1.165) is 15.8 Å². The van der Waals surface area contributed by atoms with E-state index >= 15 is 0 Å². The average molecular weight is 319 g/mol. The molecule has 90 valence electrons. The second-order valence-corrected chi connectivity index (χ2v) is 5.40. The quantitative estimate of drug-likeness (QED) is 0.827. The molecule has 4 heteroatoms. The molecule has 0 aromatic heterocycles. The molecule has 0 fully saturated rings. The predicted molar refractivity (Wildman–Crippen MR) is 80.4 cm³/mol. The summed E-state index contributed by atoms with van der Waals surface area (Å²) >= 11 is 5.17. The van der Waals surface area contributed by atoms with Crippen LogP contribution in [0.25, 0.3) is 0 Å². The lowest BCUT2D eigenvalue weighted by Crippen LogP contribution is -1.92. The molecule has 0 heterocycles. The molecule has 2 aromatic rings. The molecule has 2 aromatic carbocycles. The standard InChI is InChI=1S/C14H11BrN2S/c1-18-12-4-2-3-11(8-12)17-14-6-5-10(9-16)7-13(14)15/h2-8,17H,1H3. The van der Waals surface area contributed by atoms with Gasteiger partial charge < -0.3 is 5.32 Å². The van der Waals surface area contributed by atoms with Crippen LogP contribution >= 0.6 is 27.7 Å². The number of nitrogens with zero attached hydrogens (tertiary/aromatic N) is 1. The van der Waals surface area contributed by atoms with Gasteiger partial charge in [0.05, 0.1) is 17.3 Å². The molecule has 0 saturated carbocycles. The monoisotopic (exact) mass is 318 g/mol. The molecule has 0 saturated heterocycles. The molecule has 18 heavy (non-hydrogen) atoms. The highest BCUT2D eigenvalue weighted by atomic mass is 79.9. The zero-order valence-electron chi connectivity index (χ0n) is 9.77. The van der Waals surface area contributed by atoms with Crippen molar-refractivity contribution in [3.63, 3.8) is 0 Å². The third-order valence-electron chi connectivity index (χ3n) is 2.45. The van der Waals surface area contributed by atoms with Crippen LogP contribution in [0.15, 0.2) is 51.8 Å². The van der Waals surface area contributed by atoms with E-state index < -0.39 is 0 Å². The molecule has 1 N–H and O–H groups in total. The third-order valence-corrected chi connectivity index (χ3v) is 3.83. The van der Waals surface area contributed by atoms with Crippen LogP contribution < -0.4 is 5.32 Å². The number of thioether (sulfide) groups is 1. The van der Waals surface area contributed by atoms with Crippen LogP contribution in [0.3, 0.4) is 0 Å². The maximum atomic E-state index is 8.82. The smallest absolute Gasteiger partial charge is 0.0992 e. The van der Waals surface area contributed by atoms with Crippen molar-refractivity contribution in [2.24, 2.45) is 0 Å². The van der Waals surface area contributed by atoms with Crippen molar-refractivity contribution in [2.75, 3.05) is 11.6 Å². The highest BCUT2D eigenvalue weighted by Crippen LogP contribution is 2.28. The summed E-state index contributed by atoms with van der Waals surface area (Å²) in [4.78, 5) is 1.21. The van der Waals surface area contributed by atoms with E-state index in [2.05, 4.69) is 45.7 Å². The first kappa shape index (κ1) is 13.0. The summed E-state index contributed by atoms with van der Waals surface area (Å²) in [6, 6.07) is 15.8. The Labute approximate surface area is 119 Å². The van der Waals surface area contributed by atoms with Gasteiger partial charge in [-0.2, -0.15) is 5.26 Å². The normalized spacial score (nSPS) is 9.83. The van der Waals surface area contributed by atoms with Crippen molar-refractivity contribution >= 4 is 39.1 Å². The molecule has 0 radical (unpaired) electrons. The lowest BCUT2D eigenvalue weighted by molar-refractivity contribution is 1.42. The zero-order valence-corrected chi connectivity index (χ0v) is 12.2. The molecule has 0 amide bonds. The molecule has 0 bridgehead atoms. The van der Waals surface area contributed by atoms with E-state index in [1.165, 1.54) is 4.90 Å². The van der Waals surface area contributed by atoms with E-state index in [-0.39, 0.29) is 0 Å². The van der Waals surface area contributed by atoms with Gasteiger partial charge in [0.25, 0.3) is 0 Å². The Kier molecular flexibility index (Phi) is 4.29. The fourth-order valence-electron chi connectivity index (χ4n) is 1.54. The Morgan fingerprint density at radius 1 is 1.22 bits per heavy atom. The van der Waals surface area contributed by atoms with Crippen molar-refractivity contribution < 1.29 is 0 Å². The Morgan fingerprint density at radius 3 is 2.72 bits per heavy atom. The van der Waals surface area contributed by atoms with Gasteiger partial charge >= 0.3 is 0 Å². The van der Waals surface area contributed by atoms with Crippen molar-refractivity contribution in [3.05, 3.63) is 52.5 Å². The van der Waals surface area contributed by atoms with Crippen molar-refractivity contribution in [1.29, 1.82) is 5.26 Å². The summed E-state index contributed by atoms with van der Waals surface area (Å²) in [5.41, 5.74) is 2.63. The molecule has 0 aliphatic carbocycles. The molecule has 0 aliphatic rings. The SMILES string of the molecule is CSc1cccc(Nc2ccc(C#N)cc2Br)c1. The van der Waals surface area contributed by atoms with Crippen molar-refractivity contribution in [1.82, 2.24) is 0 Å². The minimum atomic E-state index is 0.644. The maximum Gasteiger partial charge on any atom is 0.0992 e. The predicted octanol–water partition coefficient (Wildman–Crippen LogP) is 4.79. The largest absolute Gasteiger partial charge is 0.355 e. The fourth-order valence-corrected chi connectivity index (χ4v) is 2.48. The van der Waals surface area contributed by atoms with Crippen LogP contribution in [0.5, 0.6) is 0 Å². The van der Waals surface area contributed by atoms with E-state index in [0.29, 0.717) is 5.56 Å². The van der Waals surface area contributed by atoms with E-state index in [9.17, 15) is 0 Å². The zero-order chi connectivity index (χ0) is 13.0. The van der Waals surface area contributed by atoms with Gasteiger partial charge in [-0.3, -0.25) is 0 Å². The van der Waals surface area contributed by atoms with Crippen LogP contribution in [-0.4, -0.2) is 6.26 Å². The van der Waals surface area contributed by atoms with Gasteiger partial charge in [-0.1, -0.05) is 6.07 Å². The molecule has 0 atom stereocenters. The van der Waals surface area contributed by atoms with E-state index in [4.69, 9.17) is 5.26 Å². The van der Waals surface area contributed by atoms with Gasteiger partial charge in [0, 0.05) is 15.1 Å². The summed E-state index contributed by atoms with van der Waals surface area (Å²) in [7, 11) is 0. The molecular weight excluding hydrogens is 308 g/mol. The number of hydrogen-bond acceptors (Lipinski definition) is 3. The first-order valence-electron chi connectivity index (χ1n) is 5.33. The number of rotatable bonds is 3. The number of benzene rings is 2. The maximum absolute atomic E-state index is 8.82. The number of halogens is 1. The minimum absolute atomic E-state index is 0.644. The first-order chi connectivity index (χ1) is 8.72. The highest BCUT2D eigenvalue weighted by Gasteiger charge is 2.02. The lowest BCUT2D eigenvalue weighted by atomic mass is 10.2. The van der Waals surface area contributed by atoms with Gasteiger partial charge in [0.2, 0.25) is 0 Å². The Balaban J connectivity index is 2.26. The minimum Gasteiger partial charge on any atom is -0.355 e. The summed E-state index contributed by atoms with van der Waals surface area (Å²) < 4.78 is 0.885. The molecular formula is C14H11BrN2S. The van der Waals surface area contributed by atoms with Gasteiger partial charge in [0.1, 0.15) is 0 Å². The topological polar surface area (TPSA) is 35.8 Å². The molecule has 0 aliphatic heterocycles. The van der Waals surface area contributed by atoms with Crippen LogP contribution in [0.2, 0.25) is 0 Å². The second kappa shape index (κ2) is 5.94. The van der Waals surface area contributed by atoms with Crippen LogP contribution in [0.4, 0.5) is 11.4 Å². The Bertz CT molecular complexity index is 605. The molecule has 2 nitrogen and oxygen atoms in total. The summed E-state index contributed by atoms with van der Waals surface area (Å²) in [5.74, 6) is 0. The summed E-state index contributed by atoms with van der Waals surface area (Å²) in [6.45, 7) is 0. The van der Waals surface area contributed by atoms with Crippen LogP contribution in [-0.2, 0) is 0 Å². The van der Waals surface area contributed by atoms with Crippen molar-refractivity contribution in [2.45, 2.75) is 4.90 Å². The highest BCUT2D eigenvalue weighted by molar-refractivity contribution is 9.10. The summed E-state index contributed by atoms with van der Waals surface area (Å²) in [5, 5.41) is 12.1. The number of nitriles is 1. The number of anilines is 2. The second-order valence-electron chi connectivity index (χ2n) is 3.66. The average Bonchev–Trinajstić information content (AvgIpc) is 2.41. The molecule has 0 unspecified atom stereocenters. The lowest BCUT2D eigenvalue weighted by Gasteiger charge is -2.09. The third kappa shape index (κ3) is 3.06. The number of hydrogen-bond donors (Lipinski definition) is 1. The van der Waals surface area contributed by atoms with E-state index in [1.807, 2.05) is 18.2 Å².